The van der Waals surface area contributed by atoms with E-state index in [-0.39, 0.29) is 23.7 Å². The maximum absolute atomic E-state index is 11.8. The van der Waals surface area contributed by atoms with Gasteiger partial charge in [0, 0.05) is 29.8 Å². The molecule has 28 heavy (non-hydrogen) atoms. The number of aromatic hydroxyl groups is 1. The summed E-state index contributed by atoms with van der Waals surface area (Å²) in [6.07, 6.45) is -1.82. The van der Waals surface area contributed by atoms with E-state index in [1.807, 2.05) is 27.7 Å². The lowest BCUT2D eigenvalue weighted by Crippen LogP contribution is -2.52. The molecule has 0 aliphatic carbocycles. The number of phenols is 1. The third-order valence-corrected chi connectivity index (χ3v) is 5.82. The molecule has 1 aliphatic rings. The molecule has 0 saturated carbocycles. The van der Waals surface area contributed by atoms with Crippen molar-refractivity contribution in [2.45, 2.75) is 78.3 Å². The lowest BCUT2D eigenvalue weighted by molar-refractivity contribution is -0.225. The Morgan fingerprint density at radius 3 is 2.25 bits per heavy atom. The number of carbonyl (C=O) groups is 2. The van der Waals surface area contributed by atoms with Crippen LogP contribution in [-0.2, 0) is 23.8 Å². The number of esters is 2. The van der Waals surface area contributed by atoms with Crippen molar-refractivity contribution in [1.29, 1.82) is 0 Å². The van der Waals surface area contributed by atoms with Gasteiger partial charge in [0.25, 0.3) is 0 Å². The van der Waals surface area contributed by atoms with Crippen LogP contribution >= 0.6 is 15.9 Å². The summed E-state index contributed by atoms with van der Waals surface area (Å²) in [4.78, 5) is 23.5. The van der Waals surface area contributed by atoms with E-state index in [9.17, 15) is 14.7 Å². The normalized spacial score (nSPS) is 27.5. The average molecular weight is 457 g/mol. The van der Waals surface area contributed by atoms with E-state index in [0.717, 1.165) is 10.0 Å². The standard InChI is InChI=1S/C21H29BrO6/c1-7-18-11(4)19(26-12(5)23)21(27-13(6)24)20(28-18)15-8-16(22)14(10(2)3)9-17(15)25/h8-11,18-21,25H,7H2,1-6H3/t11-,18-,19+,20+,21-/m1/s1. The average Bonchev–Trinajstić information content (AvgIpc) is 2.59. The van der Waals surface area contributed by atoms with Crippen LogP contribution in [0.1, 0.15) is 71.1 Å². The van der Waals surface area contributed by atoms with Gasteiger partial charge in [0.1, 0.15) is 18.0 Å². The Labute approximate surface area is 174 Å². The van der Waals surface area contributed by atoms with Gasteiger partial charge in [-0.3, -0.25) is 9.59 Å². The molecule has 0 bridgehead atoms. The topological polar surface area (TPSA) is 82.1 Å². The van der Waals surface area contributed by atoms with Crippen molar-refractivity contribution < 1.29 is 28.9 Å². The van der Waals surface area contributed by atoms with Crippen LogP contribution in [0.5, 0.6) is 5.75 Å². The number of carbonyl (C=O) groups excluding carboxylic acids is 2. The van der Waals surface area contributed by atoms with Gasteiger partial charge >= 0.3 is 11.9 Å². The smallest absolute Gasteiger partial charge is 0.303 e. The summed E-state index contributed by atoms with van der Waals surface area (Å²) in [5, 5.41) is 10.7. The van der Waals surface area contributed by atoms with Crippen molar-refractivity contribution in [2.75, 3.05) is 0 Å². The van der Waals surface area contributed by atoms with Gasteiger partial charge in [0.2, 0.25) is 0 Å². The highest BCUT2D eigenvalue weighted by atomic mass is 79.9. The number of benzene rings is 1. The third-order valence-electron chi connectivity index (χ3n) is 5.13. The van der Waals surface area contributed by atoms with Crippen LogP contribution in [0, 0.1) is 5.92 Å². The summed E-state index contributed by atoms with van der Waals surface area (Å²) in [6.45, 7) is 10.6. The Bertz CT molecular complexity index is 732. The molecule has 0 radical (unpaired) electrons. The van der Waals surface area contributed by atoms with E-state index in [1.54, 1.807) is 12.1 Å². The fourth-order valence-electron chi connectivity index (χ4n) is 3.74. The number of phenolic OH excluding ortho intramolecular Hbond substituents is 1. The zero-order valence-corrected chi connectivity index (χ0v) is 18.8. The van der Waals surface area contributed by atoms with Crippen molar-refractivity contribution in [3.05, 3.63) is 27.7 Å². The molecular weight excluding hydrogens is 428 g/mol. The molecule has 1 fully saturated rings. The van der Waals surface area contributed by atoms with E-state index in [4.69, 9.17) is 14.2 Å². The molecular formula is C21H29BrO6. The quantitative estimate of drug-likeness (QED) is 0.650. The highest BCUT2D eigenvalue weighted by Gasteiger charge is 2.48. The number of rotatable bonds is 5. The number of hydrogen-bond acceptors (Lipinski definition) is 6. The molecule has 0 unspecified atom stereocenters. The molecule has 0 spiro atoms. The minimum atomic E-state index is -0.859. The fraction of sp³-hybridized carbons (Fsp3) is 0.619. The Balaban J connectivity index is 2.55. The van der Waals surface area contributed by atoms with Crippen LogP contribution in [0.3, 0.4) is 0 Å². The summed E-state index contributed by atoms with van der Waals surface area (Å²) in [7, 11) is 0. The highest BCUT2D eigenvalue weighted by molar-refractivity contribution is 9.10. The second-order valence-corrected chi connectivity index (χ2v) is 8.45. The van der Waals surface area contributed by atoms with Crippen LogP contribution in [0.15, 0.2) is 16.6 Å². The maximum atomic E-state index is 11.8. The molecule has 0 aromatic heterocycles. The van der Waals surface area contributed by atoms with Gasteiger partial charge in [0.05, 0.1) is 6.10 Å². The zero-order valence-electron chi connectivity index (χ0n) is 17.2. The van der Waals surface area contributed by atoms with Gasteiger partial charge in [-0.15, -0.1) is 0 Å². The molecule has 7 heteroatoms. The lowest BCUT2D eigenvalue weighted by Gasteiger charge is -2.44. The first kappa shape index (κ1) is 22.7. The van der Waals surface area contributed by atoms with Crippen molar-refractivity contribution in [1.82, 2.24) is 0 Å². The molecule has 1 N–H and O–H groups in total. The number of halogens is 1. The first-order valence-electron chi connectivity index (χ1n) is 9.58. The maximum Gasteiger partial charge on any atom is 0.303 e. The monoisotopic (exact) mass is 456 g/mol. The van der Waals surface area contributed by atoms with Crippen molar-refractivity contribution >= 4 is 27.9 Å². The molecule has 5 atom stereocenters. The molecule has 1 aromatic rings. The molecule has 2 rings (SSSR count). The van der Waals surface area contributed by atoms with Gasteiger partial charge in [-0.2, -0.15) is 0 Å². The van der Waals surface area contributed by atoms with Crippen LogP contribution in [0.2, 0.25) is 0 Å². The van der Waals surface area contributed by atoms with Crippen LogP contribution in [0.25, 0.3) is 0 Å². The predicted molar refractivity (Wildman–Crippen MR) is 108 cm³/mol. The van der Waals surface area contributed by atoms with E-state index in [2.05, 4.69) is 15.9 Å². The predicted octanol–water partition coefficient (Wildman–Crippen LogP) is 4.63. The van der Waals surface area contributed by atoms with E-state index < -0.39 is 30.3 Å². The summed E-state index contributed by atoms with van der Waals surface area (Å²) >= 11 is 3.56. The van der Waals surface area contributed by atoms with Gasteiger partial charge in [-0.25, -0.2) is 0 Å². The van der Waals surface area contributed by atoms with Crippen LogP contribution in [0.4, 0.5) is 0 Å². The number of ether oxygens (including phenoxy) is 3. The molecule has 1 saturated heterocycles. The molecule has 1 aliphatic heterocycles. The largest absolute Gasteiger partial charge is 0.508 e. The first-order valence-corrected chi connectivity index (χ1v) is 10.4. The van der Waals surface area contributed by atoms with Gasteiger partial charge in [-0.05, 0) is 30.0 Å². The molecule has 1 aromatic carbocycles. The number of hydrogen-bond donors (Lipinski definition) is 1. The molecule has 6 nitrogen and oxygen atoms in total. The second-order valence-electron chi connectivity index (χ2n) is 7.60. The lowest BCUT2D eigenvalue weighted by atomic mass is 9.83. The van der Waals surface area contributed by atoms with E-state index in [0.29, 0.717) is 12.0 Å². The third kappa shape index (κ3) is 4.87. The molecule has 1 heterocycles. The molecule has 156 valence electrons. The van der Waals surface area contributed by atoms with Crippen LogP contribution < -0.4 is 0 Å². The van der Waals surface area contributed by atoms with Gasteiger partial charge in [-0.1, -0.05) is 43.6 Å². The second kappa shape index (κ2) is 9.27. The minimum absolute atomic E-state index is 0.0556. The van der Waals surface area contributed by atoms with E-state index >= 15 is 0 Å². The summed E-state index contributed by atoms with van der Waals surface area (Å²) in [5.41, 5.74) is 1.45. The summed E-state index contributed by atoms with van der Waals surface area (Å²) in [5.74, 6) is -0.863. The fourth-order valence-corrected chi connectivity index (χ4v) is 4.56. The molecule has 0 amide bonds. The Kier molecular flexibility index (Phi) is 7.51. The van der Waals surface area contributed by atoms with Gasteiger partial charge < -0.3 is 19.3 Å². The van der Waals surface area contributed by atoms with Crippen molar-refractivity contribution in [3.63, 3.8) is 0 Å². The minimum Gasteiger partial charge on any atom is -0.508 e. The van der Waals surface area contributed by atoms with Crippen molar-refractivity contribution in [2.24, 2.45) is 5.92 Å². The van der Waals surface area contributed by atoms with E-state index in [1.165, 1.54) is 13.8 Å². The summed E-state index contributed by atoms with van der Waals surface area (Å²) < 4.78 is 18.2. The van der Waals surface area contributed by atoms with Crippen molar-refractivity contribution in [3.8, 4) is 5.75 Å². The Morgan fingerprint density at radius 1 is 1.18 bits per heavy atom. The Morgan fingerprint density at radius 2 is 1.75 bits per heavy atom. The highest BCUT2D eigenvalue weighted by Crippen LogP contribution is 2.44. The summed E-state index contributed by atoms with van der Waals surface area (Å²) in [6, 6.07) is 3.48. The van der Waals surface area contributed by atoms with Gasteiger partial charge in [0.15, 0.2) is 6.10 Å². The van der Waals surface area contributed by atoms with Crippen LogP contribution in [-0.4, -0.2) is 35.4 Å². The first-order chi connectivity index (χ1) is 13.1. The zero-order chi connectivity index (χ0) is 21.2. The Hall–Kier alpha value is -1.60. The SMILES string of the molecule is CC[C@H]1O[C@@H](c2cc(Br)c(C(C)C)cc2O)[C@H](OC(C)=O)[C@@H](OC(C)=O)[C@@H]1C.